The van der Waals surface area contributed by atoms with Gasteiger partial charge in [-0.1, -0.05) is 13.8 Å². The average Bonchev–Trinajstić information content (AvgIpc) is 2.42. The van der Waals surface area contributed by atoms with Crippen molar-refractivity contribution in [2.45, 2.75) is 26.7 Å². The van der Waals surface area contributed by atoms with E-state index in [4.69, 9.17) is 5.26 Å². The molecule has 0 aromatic heterocycles. The summed E-state index contributed by atoms with van der Waals surface area (Å²) >= 11 is 3.17. The van der Waals surface area contributed by atoms with Crippen molar-refractivity contribution in [2.75, 3.05) is 18.0 Å². The number of benzene rings is 1. The largest absolute Gasteiger partial charge is 0.369 e. The molecule has 0 bridgehead atoms. The van der Waals surface area contributed by atoms with Crippen LogP contribution in [0.4, 0.5) is 10.1 Å². The second-order valence-electron chi connectivity index (χ2n) is 5.44. The highest BCUT2D eigenvalue weighted by Crippen LogP contribution is 2.33. The maximum atomic E-state index is 14.2. The summed E-state index contributed by atoms with van der Waals surface area (Å²) in [5.41, 5.74) is 0.950. The first-order valence-electron chi connectivity index (χ1n) is 6.67. The summed E-state index contributed by atoms with van der Waals surface area (Å²) in [6, 6.07) is 5.38. The molecule has 2 rings (SSSR count). The molecule has 4 heteroatoms. The molecule has 0 amide bonds. The van der Waals surface area contributed by atoms with Crippen LogP contribution in [0.1, 0.15) is 32.3 Å². The number of piperidine rings is 1. The van der Waals surface area contributed by atoms with E-state index >= 15 is 0 Å². The molecule has 0 spiro atoms. The van der Waals surface area contributed by atoms with Gasteiger partial charge in [-0.25, -0.2) is 4.39 Å². The van der Waals surface area contributed by atoms with Gasteiger partial charge in [0.15, 0.2) is 5.82 Å². The van der Waals surface area contributed by atoms with E-state index in [1.165, 1.54) is 0 Å². The van der Waals surface area contributed by atoms with Gasteiger partial charge in [-0.3, -0.25) is 0 Å². The lowest BCUT2D eigenvalue weighted by molar-refractivity contribution is 0.310. The minimum Gasteiger partial charge on any atom is -0.369 e. The molecule has 1 aliphatic rings. The normalized spacial score (nSPS) is 16.7. The van der Waals surface area contributed by atoms with Crippen LogP contribution in [0.15, 0.2) is 16.6 Å². The molecule has 2 nitrogen and oxygen atoms in total. The Morgan fingerprint density at radius 1 is 1.37 bits per heavy atom. The van der Waals surface area contributed by atoms with Gasteiger partial charge in [0, 0.05) is 13.1 Å². The van der Waals surface area contributed by atoms with Crippen molar-refractivity contribution in [2.24, 2.45) is 11.8 Å². The molecule has 0 N–H and O–H groups in total. The SMILES string of the molecule is CC(C)C1CCN(c2ccc(C#N)c(Br)c2F)CC1. The molecule has 1 saturated heterocycles. The molecule has 0 aliphatic carbocycles. The van der Waals surface area contributed by atoms with Crippen LogP contribution in [0, 0.1) is 29.0 Å². The molecule has 0 radical (unpaired) electrons. The second-order valence-corrected chi connectivity index (χ2v) is 6.23. The Morgan fingerprint density at radius 3 is 2.53 bits per heavy atom. The fraction of sp³-hybridized carbons (Fsp3) is 0.533. The summed E-state index contributed by atoms with van der Waals surface area (Å²) in [6.45, 7) is 6.27. The van der Waals surface area contributed by atoms with Gasteiger partial charge in [0.1, 0.15) is 6.07 Å². The quantitative estimate of drug-likeness (QED) is 0.809. The molecular formula is C15H18BrFN2. The number of halogens is 2. The maximum absolute atomic E-state index is 14.2. The zero-order valence-corrected chi connectivity index (χ0v) is 12.9. The van der Waals surface area contributed by atoms with Gasteiger partial charge in [-0.05, 0) is 52.7 Å². The molecule has 1 aromatic carbocycles. The molecule has 1 aromatic rings. The van der Waals surface area contributed by atoms with Crippen molar-refractivity contribution in [3.8, 4) is 6.07 Å². The monoisotopic (exact) mass is 324 g/mol. The smallest absolute Gasteiger partial charge is 0.161 e. The molecule has 1 heterocycles. The predicted octanol–water partition coefficient (Wildman–Crippen LogP) is 4.33. The van der Waals surface area contributed by atoms with Crippen LogP contribution in [0.25, 0.3) is 0 Å². The Labute approximate surface area is 122 Å². The van der Waals surface area contributed by atoms with E-state index in [0.717, 1.165) is 31.8 Å². The third kappa shape index (κ3) is 2.92. The summed E-state index contributed by atoms with van der Waals surface area (Å²) in [6.07, 6.45) is 2.21. The Balaban J connectivity index is 2.17. The fourth-order valence-corrected chi connectivity index (χ4v) is 3.10. The molecule has 19 heavy (non-hydrogen) atoms. The Bertz CT molecular complexity index is 500. The van der Waals surface area contributed by atoms with Gasteiger partial charge in [0.25, 0.3) is 0 Å². The number of nitrogens with zero attached hydrogens (tertiary/aromatic N) is 2. The first-order valence-corrected chi connectivity index (χ1v) is 7.47. The Morgan fingerprint density at radius 2 is 2.00 bits per heavy atom. The average molecular weight is 325 g/mol. The number of rotatable bonds is 2. The lowest BCUT2D eigenvalue weighted by Crippen LogP contribution is -2.35. The van der Waals surface area contributed by atoms with Crippen molar-refractivity contribution >= 4 is 21.6 Å². The van der Waals surface area contributed by atoms with Crippen molar-refractivity contribution < 1.29 is 4.39 Å². The predicted molar refractivity (Wildman–Crippen MR) is 78.6 cm³/mol. The summed E-state index contributed by atoms with van der Waals surface area (Å²) in [5, 5.41) is 8.88. The summed E-state index contributed by atoms with van der Waals surface area (Å²) in [7, 11) is 0. The van der Waals surface area contributed by atoms with Gasteiger partial charge in [-0.15, -0.1) is 0 Å². The summed E-state index contributed by atoms with van der Waals surface area (Å²) in [4.78, 5) is 2.08. The van der Waals surface area contributed by atoms with Crippen LogP contribution in [-0.4, -0.2) is 13.1 Å². The molecule has 0 unspecified atom stereocenters. The highest BCUT2D eigenvalue weighted by Gasteiger charge is 2.24. The van der Waals surface area contributed by atoms with Crippen LogP contribution in [-0.2, 0) is 0 Å². The third-order valence-electron chi connectivity index (χ3n) is 4.01. The van der Waals surface area contributed by atoms with Crippen LogP contribution in [0.3, 0.4) is 0 Å². The molecule has 102 valence electrons. The van der Waals surface area contributed by atoms with Crippen LogP contribution in [0.2, 0.25) is 0 Å². The first kappa shape index (κ1) is 14.3. The lowest BCUT2D eigenvalue weighted by atomic mass is 9.86. The fourth-order valence-electron chi connectivity index (χ4n) is 2.68. The van der Waals surface area contributed by atoms with Gasteiger partial charge >= 0.3 is 0 Å². The standard InChI is InChI=1S/C15H18BrFN2/c1-10(2)11-5-7-19(8-6-11)13-4-3-12(9-18)14(16)15(13)17/h3-4,10-11H,5-8H2,1-2H3. The zero-order valence-electron chi connectivity index (χ0n) is 11.3. The number of hydrogen-bond acceptors (Lipinski definition) is 2. The van der Waals surface area contributed by atoms with E-state index in [-0.39, 0.29) is 10.3 Å². The topological polar surface area (TPSA) is 27.0 Å². The third-order valence-corrected chi connectivity index (χ3v) is 4.78. The zero-order chi connectivity index (χ0) is 14.0. The van der Waals surface area contributed by atoms with E-state index in [0.29, 0.717) is 17.2 Å². The van der Waals surface area contributed by atoms with Crippen molar-refractivity contribution in [3.63, 3.8) is 0 Å². The number of hydrogen-bond donors (Lipinski definition) is 0. The van der Waals surface area contributed by atoms with E-state index in [9.17, 15) is 4.39 Å². The first-order chi connectivity index (χ1) is 9.04. The molecular weight excluding hydrogens is 307 g/mol. The Kier molecular flexibility index (Phi) is 4.46. The van der Waals surface area contributed by atoms with E-state index in [1.54, 1.807) is 12.1 Å². The van der Waals surface area contributed by atoms with Gasteiger partial charge in [0.2, 0.25) is 0 Å². The van der Waals surface area contributed by atoms with Crippen LogP contribution >= 0.6 is 15.9 Å². The highest BCUT2D eigenvalue weighted by molar-refractivity contribution is 9.10. The van der Waals surface area contributed by atoms with Crippen molar-refractivity contribution in [3.05, 3.63) is 28.0 Å². The van der Waals surface area contributed by atoms with Crippen molar-refractivity contribution in [1.29, 1.82) is 5.26 Å². The van der Waals surface area contributed by atoms with Crippen molar-refractivity contribution in [1.82, 2.24) is 0 Å². The highest BCUT2D eigenvalue weighted by atomic mass is 79.9. The van der Waals surface area contributed by atoms with E-state index in [2.05, 4.69) is 34.7 Å². The number of anilines is 1. The Hall–Kier alpha value is -1.08. The minimum absolute atomic E-state index is 0.276. The van der Waals surface area contributed by atoms with Crippen LogP contribution < -0.4 is 4.90 Å². The molecule has 0 atom stereocenters. The summed E-state index contributed by atoms with van der Waals surface area (Å²) in [5.74, 6) is 1.11. The van der Waals surface area contributed by atoms with E-state index < -0.39 is 0 Å². The lowest BCUT2D eigenvalue weighted by Gasteiger charge is -2.35. The second kappa shape index (κ2) is 5.92. The molecule has 0 saturated carbocycles. The van der Waals surface area contributed by atoms with Crippen LogP contribution in [0.5, 0.6) is 0 Å². The van der Waals surface area contributed by atoms with Gasteiger partial charge in [0.05, 0.1) is 15.7 Å². The van der Waals surface area contributed by atoms with Gasteiger partial charge < -0.3 is 4.90 Å². The molecule has 1 aliphatic heterocycles. The van der Waals surface area contributed by atoms with E-state index in [1.807, 2.05) is 6.07 Å². The summed E-state index contributed by atoms with van der Waals surface area (Å²) < 4.78 is 14.5. The van der Waals surface area contributed by atoms with Gasteiger partial charge in [-0.2, -0.15) is 5.26 Å². The molecule has 1 fully saturated rings. The minimum atomic E-state index is -0.318. The number of nitriles is 1. The maximum Gasteiger partial charge on any atom is 0.161 e.